The van der Waals surface area contributed by atoms with Crippen LogP contribution in [0.25, 0.3) is 0 Å². The summed E-state index contributed by atoms with van der Waals surface area (Å²) >= 11 is 29.2. The number of rotatable bonds is 4. The number of halogens is 4. The molecule has 0 aliphatic rings. The molecule has 0 bridgehead atoms. The standard InChI is InChI=1S/C17H15Cl4N3OS/c1-10-5-4-6-11(9-10)14(25)23-15(17(19,20)21)24-16(26)22-13-8-3-2-7-12(13)18/h2-9,15H,1H3,(H,23,25)(H2,22,24,26)/t15-/m1/s1. The van der Waals surface area contributed by atoms with E-state index in [9.17, 15) is 4.79 Å². The molecule has 2 aromatic rings. The summed E-state index contributed by atoms with van der Waals surface area (Å²) in [5, 5.41) is 8.92. The highest BCUT2D eigenvalue weighted by molar-refractivity contribution is 7.80. The molecule has 4 nitrogen and oxygen atoms in total. The number of nitrogens with one attached hydrogen (secondary N) is 3. The Labute approximate surface area is 177 Å². The van der Waals surface area contributed by atoms with Crippen molar-refractivity contribution in [2.75, 3.05) is 5.32 Å². The summed E-state index contributed by atoms with van der Waals surface area (Å²) in [6.45, 7) is 1.88. The average molecular weight is 451 g/mol. The highest BCUT2D eigenvalue weighted by Gasteiger charge is 2.35. The van der Waals surface area contributed by atoms with Crippen LogP contribution in [-0.4, -0.2) is 21.0 Å². The quantitative estimate of drug-likeness (QED) is 0.346. The van der Waals surface area contributed by atoms with Crippen LogP contribution in [0.2, 0.25) is 5.02 Å². The first-order valence-electron chi connectivity index (χ1n) is 7.43. The molecule has 0 saturated heterocycles. The van der Waals surface area contributed by atoms with Crippen molar-refractivity contribution in [2.24, 2.45) is 0 Å². The number of alkyl halides is 3. The van der Waals surface area contributed by atoms with Gasteiger partial charge in [-0.2, -0.15) is 0 Å². The minimum absolute atomic E-state index is 0.138. The van der Waals surface area contributed by atoms with Crippen molar-refractivity contribution < 1.29 is 4.79 Å². The van der Waals surface area contributed by atoms with E-state index in [1.54, 1.807) is 42.5 Å². The van der Waals surface area contributed by atoms with E-state index in [2.05, 4.69) is 16.0 Å². The van der Waals surface area contributed by atoms with Gasteiger partial charge in [-0.1, -0.05) is 76.2 Å². The highest BCUT2D eigenvalue weighted by atomic mass is 35.6. The Hall–Kier alpha value is -1.24. The number of thiocarbonyl (C=S) groups is 1. The van der Waals surface area contributed by atoms with Gasteiger partial charge in [0.2, 0.25) is 3.79 Å². The number of carbonyl (C=O) groups is 1. The van der Waals surface area contributed by atoms with Gasteiger partial charge < -0.3 is 16.0 Å². The maximum atomic E-state index is 12.4. The molecule has 138 valence electrons. The summed E-state index contributed by atoms with van der Waals surface area (Å²) in [5.74, 6) is -0.405. The van der Waals surface area contributed by atoms with E-state index in [1.165, 1.54) is 0 Å². The third kappa shape index (κ3) is 6.18. The van der Waals surface area contributed by atoms with Gasteiger partial charge in [0.1, 0.15) is 6.17 Å². The third-order valence-electron chi connectivity index (χ3n) is 3.28. The number of benzene rings is 2. The zero-order valence-corrected chi connectivity index (χ0v) is 17.4. The topological polar surface area (TPSA) is 53.2 Å². The lowest BCUT2D eigenvalue weighted by Gasteiger charge is -2.28. The van der Waals surface area contributed by atoms with Crippen molar-refractivity contribution in [1.82, 2.24) is 10.6 Å². The first-order valence-corrected chi connectivity index (χ1v) is 9.35. The predicted octanol–water partition coefficient (Wildman–Crippen LogP) is 5.06. The molecule has 2 rings (SSSR count). The van der Waals surface area contributed by atoms with Crippen molar-refractivity contribution in [2.45, 2.75) is 16.9 Å². The van der Waals surface area contributed by atoms with Gasteiger partial charge in [0.05, 0.1) is 10.7 Å². The monoisotopic (exact) mass is 449 g/mol. The number of carbonyl (C=O) groups excluding carboxylic acids is 1. The molecule has 0 saturated carbocycles. The first-order chi connectivity index (χ1) is 12.2. The van der Waals surface area contributed by atoms with E-state index in [0.717, 1.165) is 5.56 Å². The normalized spacial score (nSPS) is 12.2. The lowest BCUT2D eigenvalue weighted by atomic mass is 10.1. The molecular formula is C17H15Cl4N3OS. The van der Waals surface area contributed by atoms with Gasteiger partial charge in [0.15, 0.2) is 5.11 Å². The number of para-hydroxylation sites is 1. The Morgan fingerprint density at radius 3 is 2.38 bits per heavy atom. The van der Waals surface area contributed by atoms with Crippen LogP contribution < -0.4 is 16.0 Å². The summed E-state index contributed by atoms with van der Waals surface area (Å²) in [4.78, 5) is 12.4. The van der Waals surface area contributed by atoms with Crippen molar-refractivity contribution in [3.05, 3.63) is 64.7 Å². The van der Waals surface area contributed by atoms with Crippen LogP contribution in [-0.2, 0) is 0 Å². The van der Waals surface area contributed by atoms with Gasteiger partial charge in [-0.05, 0) is 43.4 Å². The molecule has 0 spiro atoms. The number of hydrogen-bond acceptors (Lipinski definition) is 2. The fourth-order valence-electron chi connectivity index (χ4n) is 2.05. The molecule has 0 aliphatic heterocycles. The predicted molar refractivity (Wildman–Crippen MR) is 114 cm³/mol. The zero-order valence-electron chi connectivity index (χ0n) is 13.5. The van der Waals surface area contributed by atoms with Crippen LogP contribution in [0.1, 0.15) is 15.9 Å². The zero-order chi connectivity index (χ0) is 19.3. The molecule has 0 aliphatic carbocycles. The fraction of sp³-hybridized carbons (Fsp3) is 0.176. The van der Waals surface area contributed by atoms with E-state index in [1.807, 2.05) is 13.0 Å². The maximum Gasteiger partial charge on any atom is 0.252 e. The van der Waals surface area contributed by atoms with Crippen molar-refractivity contribution in [3.8, 4) is 0 Å². The Bertz CT molecular complexity index is 811. The van der Waals surface area contributed by atoms with E-state index >= 15 is 0 Å². The van der Waals surface area contributed by atoms with Gasteiger partial charge in [0.25, 0.3) is 5.91 Å². The van der Waals surface area contributed by atoms with Crippen LogP contribution in [0.4, 0.5) is 5.69 Å². The highest BCUT2D eigenvalue weighted by Crippen LogP contribution is 2.29. The lowest BCUT2D eigenvalue weighted by Crippen LogP contribution is -2.56. The smallest absolute Gasteiger partial charge is 0.252 e. The van der Waals surface area contributed by atoms with E-state index in [-0.39, 0.29) is 5.11 Å². The van der Waals surface area contributed by atoms with E-state index < -0.39 is 15.9 Å². The van der Waals surface area contributed by atoms with Crippen LogP contribution in [0.5, 0.6) is 0 Å². The maximum absolute atomic E-state index is 12.4. The summed E-state index contributed by atoms with van der Waals surface area (Å²) < 4.78 is -1.84. The largest absolute Gasteiger partial charge is 0.339 e. The Kier molecular flexibility index (Phi) is 7.38. The Morgan fingerprint density at radius 2 is 1.77 bits per heavy atom. The van der Waals surface area contributed by atoms with Crippen LogP contribution in [0.3, 0.4) is 0 Å². The van der Waals surface area contributed by atoms with Crippen LogP contribution in [0, 0.1) is 6.92 Å². The second kappa shape index (κ2) is 9.11. The Balaban J connectivity index is 2.09. The second-order valence-electron chi connectivity index (χ2n) is 5.40. The molecule has 0 heterocycles. The number of anilines is 1. The summed E-state index contributed by atoms with van der Waals surface area (Å²) in [7, 11) is 0. The van der Waals surface area contributed by atoms with E-state index in [0.29, 0.717) is 16.3 Å². The minimum Gasteiger partial charge on any atom is -0.339 e. The van der Waals surface area contributed by atoms with Crippen LogP contribution in [0.15, 0.2) is 48.5 Å². The fourth-order valence-corrected chi connectivity index (χ4v) is 2.79. The summed E-state index contributed by atoms with van der Waals surface area (Å²) in [6.07, 6.45) is -1.07. The SMILES string of the molecule is Cc1cccc(C(=O)N[C@H](NC(=S)Nc2ccccc2Cl)C(Cl)(Cl)Cl)c1. The van der Waals surface area contributed by atoms with Gasteiger partial charge >= 0.3 is 0 Å². The first kappa shape index (κ1) is 21.1. The lowest BCUT2D eigenvalue weighted by molar-refractivity contribution is 0.0934. The Morgan fingerprint density at radius 1 is 1.08 bits per heavy atom. The number of amides is 1. The molecular weight excluding hydrogens is 436 g/mol. The van der Waals surface area contributed by atoms with Crippen molar-refractivity contribution in [1.29, 1.82) is 0 Å². The second-order valence-corrected chi connectivity index (χ2v) is 8.58. The third-order valence-corrected chi connectivity index (χ3v) is 4.48. The molecule has 0 fully saturated rings. The van der Waals surface area contributed by atoms with Gasteiger partial charge in [0, 0.05) is 5.56 Å². The summed E-state index contributed by atoms with van der Waals surface area (Å²) in [6, 6.07) is 14.1. The molecule has 0 unspecified atom stereocenters. The van der Waals surface area contributed by atoms with Gasteiger partial charge in [-0.15, -0.1) is 0 Å². The number of aryl methyl sites for hydroxylation is 1. The number of hydrogen-bond donors (Lipinski definition) is 3. The average Bonchev–Trinajstić information content (AvgIpc) is 2.55. The van der Waals surface area contributed by atoms with Gasteiger partial charge in [-0.25, -0.2) is 0 Å². The van der Waals surface area contributed by atoms with Crippen molar-refractivity contribution in [3.63, 3.8) is 0 Å². The molecule has 1 atom stereocenters. The van der Waals surface area contributed by atoms with Crippen LogP contribution >= 0.6 is 58.6 Å². The van der Waals surface area contributed by atoms with Crippen molar-refractivity contribution >= 4 is 75.3 Å². The molecule has 9 heteroatoms. The summed E-state index contributed by atoms with van der Waals surface area (Å²) in [5.41, 5.74) is 1.96. The molecule has 3 N–H and O–H groups in total. The molecule has 26 heavy (non-hydrogen) atoms. The molecule has 1 amide bonds. The van der Waals surface area contributed by atoms with E-state index in [4.69, 9.17) is 58.6 Å². The molecule has 0 radical (unpaired) electrons. The van der Waals surface area contributed by atoms with Gasteiger partial charge in [-0.3, -0.25) is 4.79 Å². The minimum atomic E-state index is -1.84. The molecule has 2 aromatic carbocycles. The molecule has 0 aromatic heterocycles.